The van der Waals surface area contributed by atoms with Gasteiger partial charge in [0.1, 0.15) is 11.9 Å². The number of hydrogen-bond donors (Lipinski definition) is 1. The van der Waals surface area contributed by atoms with E-state index >= 15 is 0 Å². The lowest BCUT2D eigenvalue weighted by atomic mass is 9.97. The standard InChI is InChI=1S/C19H22O2/c1-12-4-5-15(8-13(12)2)10-18(20)16-6-7-19-17(11-16)9-14(3)21-19/h4-8,11,14,18,20H,9-10H2,1-3H3. The van der Waals surface area contributed by atoms with Gasteiger partial charge in [0, 0.05) is 12.8 Å². The first kappa shape index (κ1) is 14.2. The Morgan fingerprint density at radius 2 is 1.95 bits per heavy atom. The van der Waals surface area contributed by atoms with E-state index in [2.05, 4.69) is 45.0 Å². The monoisotopic (exact) mass is 282 g/mol. The molecule has 110 valence electrons. The second-order valence-electron chi connectivity index (χ2n) is 6.14. The lowest BCUT2D eigenvalue weighted by Crippen LogP contribution is -2.05. The fourth-order valence-electron chi connectivity index (χ4n) is 2.92. The summed E-state index contributed by atoms with van der Waals surface area (Å²) in [5.74, 6) is 0.963. The number of benzene rings is 2. The predicted molar refractivity (Wildman–Crippen MR) is 84.8 cm³/mol. The van der Waals surface area contributed by atoms with E-state index in [0.29, 0.717) is 6.42 Å². The molecule has 0 radical (unpaired) electrons. The van der Waals surface area contributed by atoms with Crippen molar-refractivity contribution in [1.82, 2.24) is 0 Å². The number of ether oxygens (including phenoxy) is 1. The first-order chi connectivity index (χ1) is 10.0. The summed E-state index contributed by atoms with van der Waals surface area (Å²) in [5.41, 5.74) is 5.92. The number of aliphatic hydroxyl groups excluding tert-OH is 1. The Kier molecular flexibility index (Phi) is 3.73. The summed E-state index contributed by atoms with van der Waals surface area (Å²) in [4.78, 5) is 0. The lowest BCUT2D eigenvalue weighted by Gasteiger charge is -2.13. The number of aliphatic hydroxyl groups is 1. The third-order valence-corrected chi connectivity index (χ3v) is 4.31. The molecule has 0 spiro atoms. The number of aryl methyl sites for hydroxylation is 2. The molecule has 2 aromatic rings. The third kappa shape index (κ3) is 2.96. The average molecular weight is 282 g/mol. The fourth-order valence-corrected chi connectivity index (χ4v) is 2.92. The maximum Gasteiger partial charge on any atom is 0.123 e. The van der Waals surface area contributed by atoms with E-state index in [1.54, 1.807) is 0 Å². The zero-order valence-corrected chi connectivity index (χ0v) is 12.9. The molecule has 2 unspecified atom stereocenters. The van der Waals surface area contributed by atoms with Gasteiger partial charge >= 0.3 is 0 Å². The van der Waals surface area contributed by atoms with E-state index in [4.69, 9.17) is 4.74 Å². The molecule has 0 fully saturated rings. The van der Waals surface area contributed by atoms with Crippen LogP contribution in [0, 0.1) is 13.8 Å². The van der Waals surface area contributed by atoms with Gasteiger partial charge in [0.25, 0.3) is 0 Å². The highest BCUT2D eigenvalue weighted by Gasteiger charge is 2.20. The molecular formula is C19H22O2. The Balaban J connectivity index is 1.78. The van der Waals surface area contributed by atoms with Gasteiger partial charge in [0.2, 0.25) is 0 Å². The molecule has 21 heavy (non-hydrogen) atoms. The molecule has 2 atom stereocenters. The first-order valence-electron chi connectivity index (χ1n) is 7.56. The van der Waals surface area contributed by atoms with Crippen LogP contribution in [0.1, 0.15) is 40.8 Å². The van der Waals surface area contributed by atoms with Crippen molar-refractivity contribution in [3.63, 3.8) is 0 Å². The molecule has 0 aliphatic carbocycles. The van der Waals surface area contributed by atoms with Crippen LogP contribution in [0.5, 0.6) is 5.75 Å². The maximum atomic E-state index is 10.5. The summed E-state index contributed by atoms with van der Waals surface area (Å²) in [6, 6.07) is 12.4. The molecule has 0 aromatic heterocycles. The predicted octanol–water partition coefficient (Wildman–Crippen LogP) is 3.90. The number of hydrogen-bond acceptors (Lipinski definition) is 2. The van der Waals surface area contributed by atoms with Gasteiger partial charge in [-0.3, -0.25) is 0 Å². The van der Waals surface area contributed by atoms with E-state index in [1.165, 1.54) is 22.3 Å². The van der Waals surface area contributed by atoms with Crippen LogP contribution in [-0.4, -0.2) is 11.2 Å². The summed E-state index contributed by atoms with van der Waals surface area (Å²) < 4.78 is 5.71. The molecule has 0 saturated carbocycles. The summed E-state index contributed by atoms with van der Waals surface area (Å²) in [6.45, 7) is 6.29. The van der Waals surface area contributed by atoms with Gasteiger partial charge in [-0.1, -0.05) is 24.3 Å². The van der Waals surface area contributed by atoms with Gasteiger partial charge in [-0.2, -0.15) is 0 Å². The van der Waals surface area contributed by atoms with Crippen molar-refractivity contribution in [2.45, 2.75) is 45.8 Å². The molecule has 1 heterocycles. The van der Waals surface area contributed by atoms with Crippen LogP contribution < -0.4 is 4.74 Å². The van der Waals surface area contributed by atoms with Crippen LogP contribution in [0.15, 0.2) is 36.4 Å². The largest absolute Gasteiger partial charge is 0.490 e. The Bertz CT molecular complexity index is 661. The highest BCUT2D eigenvalue weighted by Crippen LogP contribution is 2.31. The minimum absolute atomic E-state index is 0.243. The molecule has 1 aliphatic rings. The van der Waals surface area contributed by atoms with Crippen molar-refractivity contribution in [2.75, 3.05) is 0 Å². The minimum Gasteiger partial charge on any atom is -0.490 e. The molecule has 2 heteroatoms. The average Bonchev–Trinajstić information content (AvgIpc) is 2.82. The second kappa shape index (κ2) is 5.53. The van der Waals surface area contributed by atoms with Gasteiger partial charge in [0.05, 0.1) is 6.10 Å². The van der Waals surface area contributed by atoms with Gasteiger partial charge in [-0.15, -0.1) is 0 Å². The van der Waals surface area contributed by atoms with E-state index in [9.17, 15) is 5.11 Å². The first-order valence-corrected chi connectivity index (χ1v) is 7.56. The van der Waals surface area contributed by atoms with Gasteiger partial charge in [0.15, 0.2) is 0 Å². The van der Waals surface area contributed by atoms with E-state index in [-0.39, 0.29) is 6.10 Å². The normalized spacial score (nSPS) is 18.2. The summed E-state index contributed by atoms with van der Waals surface area (Å²) in [6.07, 6.45) is 1.36. The number of fused-ring (bicyclic) bond motifs is 1. The second-order valence-corrected chi connectivity index (χ2v) is 6.14. The van der Waals surface area contributed by atoms with Crippen molar-refractivity contribution >= 4 is 0 Å². The molecule has 1 aliphatic heterocycles. The third-order valence-electron chi connectivity index (χ3n) is 4.31. The van der Waals surface area contributed by atoms with Crippen LogP contribution in [0.2, 0.25) is 0 Å². The smallest absolute Gasteiger partial charge is 0.123 e. The molecule has 1 N–H and O–H groups in total. The van der Waals surface area contributed by atoms with Gasteiger partial charge < -0.3 is 9.84 Å². The van der Waals surface area contributed by atoms with E-state index in [1.807, 2.05) is 12.1 Å². The van der Waals surface area contributed by atoms with Gasteiger partial charge in [-0.25, -0.2) is 0 Å². The fraction of sp³-hybridized carbons (Fsp3) is 0.368. The Morgan fingerprint density at radius 1 is 1.14 bits per heavy atom. The van der Waals surface area contributed by atoms with Crippen LogP contribution in [0.4, 0.5) is 0 Å². The van der Waals surface area contributed by atoms with Crippen molar-refractivity contribution in [1.29, 1.82) is 0 Å². The Labute approximate surface area is 126 Å². The van der Waals surface area contributed by atoms with Crippen LogP contribution in [-0.2, 0) is 12.8 Å². The molecular weight excluding hydrogens is 260 g/mol. The SMILES string of the molecule is Cc1ccc(CC(O)c2ccc3c(c2)CC(C)O3)cc1C. The molecule has 0 saturated heterocycles. The maximum absolute atomic E-state index is 10.5. The molecule has 0 bridgehead atoms. The minimum atomic E-state index is -0.465. The Hall–Kier alpha value is -1.80. The zero-order valence-electron chi connectivity index (χ0n) is 12.9. The topological polar surface area (TPSA) is 29.5 Å². The van der Waals surface area contributed by atoms with E-state index < -0.39 is 6.10 Å². The highest BCUT2D eigenvalue weighted by atomic mass is 16.5. The van der Waals surface area contributed by atoms with Crippen LogP contribution in [0.25, 0.3) is 0 Å². The van der Waals surface area contributed by atoms with Crippen molar-refractivity contribution in [3.8, 4) is 5.75 Å². The summed E-state index contributed by atoms with van der Waals surface area (Å²) in [5, 5.41) is 10.5. The van der Waals surface area contributed by atoms with Crippen LogP contribution in [0.3, 0.4) is 0 Å². The van der Waals surface area contributed by atoms with Gasteiger partial charge in [-0.05, 0) is 60.7 Å². The van der Waals surface area contributed by atoms with E-state index in [0.717, 1.165) is 17.7 Å². The highest BCUT2D eigenvalue weighted by molar-refractivity contribution is 5.41. The van der Waals surface area contributed by atoms with Crippen molar-refractivity contribution in [3.05, 3.63) is 64.2 Å². The summed E-state index contributed by atoms with van der Waals surface area (Å²) in [7, 11) is 0. The molecule has 2 aromatic carbocycles. The van der Waals surface area contributed by atoms with Crippen LogP contribution >= 0.6 is 0 Å². The zero-order chi connectivity index (χ0) is 15.0. The van der Waals surface area contributed by atoms with Crippen molar-refractivity contribution < 1.29 is 9.84 Å². The molecule has 0 amide bonds. The lowest BCUT2D eigenvalue weighted by molar-refractivity contribution is 0.178. The Morgan fingerprint density at radius 3 is 2.71 bits per heavy atom. The molecule has 2 nitrogen and oxygen atoms in total. The molecule has 3 rings (SSSR count). The quantitative estimate of drug-likeness (QED) is 0.925. The van der Waals surface area contributed by atoms with Crippen molar-refractivity contribution in [2.24, 2.45) is 0 Å². The number of rotatable bonds is 3. The summed E-state index contributed by atoms with van der Waals surface area (Å²) >= 11 is 0.